The van der Waals surface area contributed by atoms with Crippen molar-refractivity contribution in [2.45, 2.75) is 13.3 Å². The molecular formula is C19H17F3N2O4. The number of benzene rings is 2. The number of fused-ring (bicyclic) bond motifs is 1. The van der Waals surface area contributed by atoms with Crippen LogP contribution in [0.5, 0.6) is 11.5 Å². The Morgan fingerprint density at radius 3 is 2.46 bits per heavy atom. The van der Waals surface area contributed by atoms with E-state index in [1.165, 1.54) is 0 Å². The number of carbonyl (C=O) groups excluding carboxylic acids is 2. The van der Waals surface area contributed by atoms with Gasteiger partial charge in [0.2, 0.25) is 11.8 Å². The Labute approximate surface area is 158 Å². The lowest BCUT2D eigenvalue weighted by Gasteiger charge is -2.22. The molecule has 2 amide bonds. The molecule has 6 nitrogen and oxygen atoms in total. The number of halogens is 3. The molecule has 0 radical (unpaired) electrons. The van der Waals surface area contributed by atoms with Crippen molar-refractivity contribution in [3.05, 3.63) is 47.8 Å². The monoisotopic (exact) mass is 394 g/mol. The van der Waals surface area contributed by atoms with Crippen LogP contribution in [0, 0.1) is 17.5 Å². The highest BCUT2D eigenvalue weighted by Gasteiger charge is 2.22. The first-order valence-corrected chi connectivity index (χ1v) is 8.48. The van der Waals surface area contributed by atoms with E-state index in [4.69, 9.17) is 9.47 Å². The molecule has 2 aromatic rings. The Kier molecular flexibility index (Phi) is 5.72. The molecule has 148 valence electrons. The first kappa shape index (κ1) is 19.5. The molecule has 1 N–H and O–H groups in total. The average Bonchev–Trinajstić information content (AvgIpc) is 2.67. The molecule has 0 fully saturated rings. The van der Waals surface area contributed by atoms with Crippen molar-refractivity contribution < 1.29 is 32.2 Å². The Balaban J connectivity index is 1.66. The van der Waals surface area contributed by atoms with Crippen LogP contribution in [0.1, 0.15) is 13.3 Å². The fourth-order valence-electron chi connectivity index (χ4n) is 2.73. The highest BCUT2D eigenvalue weighted by Crippen LogP contribution is 2.32. The molecule has 0 saturated heterocycles. The Morgan fingerprint density at radius 2 is 1.75 bits per heavy atom. The van der Waals surface area contributed by atoms with Crippen LogP contribution in [0.3, 0.4) is 0 Å². The summed E-state index contributed by atoms with van der Waals surface area (Å²) in [5, 5.41) is 2.63. The van der Waals surface area contributed by atoms with Gasteiger partial charge in [-0.2, -0.15) is 0 Å². The lowest BCUT2D eigenvalue weighted by atomic mass is 10.2. The molecule has 28 heavy (non-hydrogen) atoms. The van der Waals surface area contributed by atoms with Crippen LogP contribution in [0.2, 0.25) is 0 Å². The van der Waals surface area contributed by atoms with Crippen LogP contribution in [0.4, 0.5) is 24.5 Å². The van der Waals surface area contributed by atoms with E-state index < -0.39 is 35.0 Å². The van der Waals surface area contributed by atoms with E-state index in [1.807, 2.05) is 0 Å². The summed E-state index contributed by atoms with van der Waals surface area (Å²) in [5.74, 6) is -4.52. The van der Waals surface area contributed by atoms with E-state index in [9.17, 15) is 22.8 Å². The molecule has 9 heteroatoms. The zero-order chi connectivity index (χ0) is 20.3. The minimum absolute atomic E-state index is 0.188. The van der Waals surface area contributed by atoms with Crippen LogP contribution in [0.15, 0.2) is 30.3 Å². The van der Waals surface area contributed by atoms with Gasteiger partial charge < -0.3 is 19.7 Å². The third-order valence-corrected chi connectivity index (χ3v) is 4.07. The van der Waals surface area contributed by atoms with Gasteiger partial charge >= 0.3 is 0 Å². The number of hydrogen-bond donors (Lipinski definition) is 1. The van der Waals surface area contributed by atoms with Gasteiger partial charge in [-0.25, -0.2) is 13.2 Å². The van der Waals surface area contributed by atoms with E-state index in [2.05, 4.69) is 5.32 Å². The van der Waals surface area contributed by atoms with E-state index in [-0.39, 0.29) is 13.0 Å². The molecule has 1 aliphatic rings. The number of ether oxygens (including phenoxy) is 2. The number of anilines is 2. The van der Waals surface area contributed by atoms with Crippen molar-refractivity contribution in [3.63, 3.8) is 0 Å². The van der Waals surface area contributed by atoms with Gasteiger partial charge in [-0.1, -0.05) is 0 Å². The molecule has 0 atom stereocenters. The number of amides is 2. The van der Waals surface area contributed by atoms with Gasteiger partial charge in [0.05, 0.1) is 5.69 Å². The third-order valence-electron chi connectivity index (χ3n) is 4.07. The number of hydrogen-bond acceptors (Lipinski definition) is 4. The Hall–Kier alpha value is -3.23. The highest BCUT2D eigenvalue weighted by molar-refractivity contribution is 5.95. The standard InChI is InChI=1S/C19H17F3N2O4/c1-11(25)24(14-4-3-13(20)18(21)19(14)22)7-6-17(26)23-12-2-5-15-16(10-12)28-9-8-27-15/h2-5,10H,6-9H2,1H3,(H,23,26). The predicted octanol–water partition coefficient (Wildman–Crippen LogP) is 3.26. The third kappa shape index (κ3) is 4.19. The number of rotatable bonds is 5. The topological polar surface area (TPSA) is 67.9 Å². The first-order chi connectivity index (χ1) is 13.4. The van der Waals surface area contributed by atoms with Gasteiger partial charge in [0.25, 0.3) is 0 Å². The summed E-state index contributed by atoms with van der Waals surface area (Å²) in [6.07, 6.45) is -0.188. The summed E-state index contributed by atoms with van der Waals surface area (Å²) in [7, 11) is 0. The summed E-state index contributed by atoms with van der Waals surface area (Å²) in [5.41, 5.74) is 0.0289. The van der Waals surface area contributed by atoms with Crippen molar-refractivity contribution in [3.8, 4) is 11.5 Å². The lowest BCUT2D eigenvalue weighted by molar-refractivity contribution is -0.117. The minimum Gasteiger partial charge on any atom is -0.486 e. The normalized spacial score (nSPS) is 12.4. The molecule has 3 rings (SSSR count). The number of nitrogens with one attached hydrogen (secondary N) is 1. The summed E-state index contributed by atoms with van der Waals surface area (Å²) in [6, 6.07) is 6.56. The average molecular weight is 394 g/mol. The maximum atomic E-state index is 14.0. The maximum Gasteiger partial charge on any atom is 0.226 e. The van der Waals surface area contributed by atoms with Crippen molar-refractivity contribution in [2.75, 3.05) is 30.0 Å². The van der Waals surface area contributed by atoms with Crippen molar-refractivity contribution in [2.24, 2.45) is 0 Å². The smallest absolute Gasteiger partial charge is 0.226 e. The van der Waals surface area contributed by atoms with Gasteiger partial charge in [0.15, 0.2) is 29.0 Å². The van der Waals surface area contributed by atoms with E-state index in [1.54, 1.807) is 18.2 Å². The van der Waals surface area contributed by atoms with Gasteiger partial charge in [0.1, 0.15) is 13.2 Å². The second kappa shape index (κ2) is 8.20. The van der Waals surface area contributed by atoms with Gasteiger partial charge in [-0.15, -0.1) is 0 Å². The largest absolute Gasteiger partial charge is 0.486 e. The molecule has 0 saturated carbocycles. The van der Waals surface area contributed by atoms with Crippen LogP contribution in [-0.2, 0) is 9.59 Å². The fourth-order valence-corrected chi connectivity index (χ4v) is 2.73. The summed E-state index contributed by atoms with van der Waals surface area (Å²) in [4.78, 5) is 24.9. The van der Waals surface area contributed by atoms with E-state index in [0.717, 1.165) is 24.0 Å². The first-order valence-electron chi connectivity index (χ1n) is 8.48. The SMILES string of the molecule is CC(=O)N(CCC(=O)Nc1ccc2c(c1)OCCO2)c1ccc(F)c(F)c1F. The van der Waals surface area contributed by atoms with Crippen LogP contribution >= 0.6 is 0 Å². The predicted molar refractivity (Wildman–Crippen MR) is 95.0 cm³/mol. The van der Waals surface area contributed by atoms with E-state index in [0.29, 0.717) is 30.4 Å². The molecule has 1 heterocycles. The molecule has 1 aliphatic heterocycles. The van der Waals surface area contributed by atoms with E-state index >= 15 is 0 Å². The highest BCUT2D eigenvalue weighted by atomic mass is 19.2. The van der Waals surface area contributed by atoms with Gasteiger partial charge in [0, 0.05) is 31.6 Å². The Morgan fingerprint density at radius 1 is 1.04 bits per heavy atom. The van der Waals surface area contributed by atoms with Gasteiger partial charge in [-0.3, -0.25) is 9.59 Å². The molecule has 2 aromatic carbocycles. The molecule has 0 spiro atoms. The minimum atomic E-state index is -1.68. The molecule has 0 aliphatic carbocycles. The summed E-state index contributed by atoms with van der Waals surface area (Å²) in [6.45, 7) is 1.77. The molecule has 0 bridgehead atoms. The fraction of sp³-hybridized carbons (Fsp3) is 0.263. The summed E-state index contributed by atoms with van der Waals surface area (Å²) >= 11 is 0. The zero-order valence-electron chi connectivity index (χ0n) is 14.9. The lowest BCUT2D eigenvalue weighted by Crippen LogP contribution is -2.33. The molecule has 0 aromatic heterocycles. The second-order valence-electron chi connectivity index (χ2n) is 6.02. The number of carbonyl (C=O) groups is 2. The maximum absolute atomic E-state index is 14.0. The van der Waals surface area contributed by atoms with Crippen molar-refractivity contribution in [1.82, 2.24) is 0 Å². The van der Waals surface area contributed by atoms with Crippen LogP contribution in [-0.4, -0.2) is 31.6 Å². The Bertz CT molecular complexity index is 920. The van der Waals surface area contributed by atoms with Crippen molar-refractivity contribution in [1.29, 1.82) is 0 Å². The van der Waals surface area contributed by atoms with Crippen LogP contribution in [0.25, 0.3) is 0 Å². The quantitative estimate of drug-likeness (QED) is 0.791. The summed E-state index contributed by atoms with van der Waals surface area (Å²) < 4.78 is 51.3. The second-order valence-corrected chi connectivity index (χ2v) is 6.02. The van der Waals surface area contributed by atoms with Crippen LogP contribution < -0.4 is 19.7 Å². The number of nitrogens with zero attached hydrogens (tertiary/aromatic N) is 1. The van der Waals surface area contributed by atoms with Crippen molar-refractivity contribution >= 4 is 23.2 Å². The molecule has 0 unspecified atom stereocenters. The molecular weight excluding hydrogens is 377 g/mol. The van der Waals surface area contributed by atoms with Gasteiger partial charge in [-0.05, 0) is 24.3 Å². The zero-order valence-corrected chi connectivity index (χ0v) is 14.9.